The molecule has 1 aromatic carbocycles. The summed E-state index contributed by atoms with van der Waals surface area (Å²) in [6.45, 7) is 1.87. The van der Waals surface area contributed by atoms with E-state index >= 15 is 0 Å². The van der Waals surface area contributed by atoms with Crippen LogP contribution in [0, 0.1) is 0 Å². The van der Waals surface area contributed by atoms with Gasteiger partial charge >= 0.3 is 0 Å². The van der Waals surface area contributed by atoms with Gasteiger partial charge in [-0.1, -0.05) is 12.1 Å². The van der Waals surface area contributed by atoms with E-state index in [9.17, 15) is 4.79 Å². The molecule has 2 aliphatic heterocycles. The van der Waals surface area contributed by atoms with Gasteiger partial charge in [0, 0.05) is 25.6 Å². The zero-order valence-electron chi connectivity index (χ0n) is 10.5. The predicted octanol–water partition coefficient (Wildman–Crippen LogP) is 1.77. The lowest BCUT2D eigenvalue weighted by atomic mass is 9.96. The molecule has 3 aliphatic rings. The topological polar surface area (TPSA) is 32.3 Å². The zero-order chi connectivity index (χ0) is 12.1. The number of aryl methyl sites for hydroxylation is 1. The van der Waals surface area contributed by atoms with Crippen molar-refractivity contribution in [3.05, 3.63) is 28.8 Å². The molecule has 0 atom stereocenters. The van der Waals surface area contributed by atoms with Crippen molar-refractivity contribution >= 4 is 11.6 Å². The third-order valence-electron chi connectivity index (χ3n) is 4.28. The van der Waals surface area contributed by atoms with Gasteiger partial charge < -0.3 is 10.2 Å². The molecule has 0 spiro atoms. The Morgan fingerprint density at radius 1 is 1.17 bits per heavy atom. The molecule has 1 amide bonds. The Hall–Kier alpha value is -1.35. The van der Waals surface area contributed by atoms with E-state index in [4.69, 9.17) is 0 Å². The third kappa shape index (κ3) is 1.65. The number of benzene rings is 1. The fourth-order valence-corrected chi connectivity index (χ4v) is 3.18. The van der Waals surface area contributed by atoms with Crippen LogP contribution in [-0.2, 0) is 24.2 Å². The number of rotatable bonds is 3. The Morgan fingerprint density at radius 3 is 2.72 bits per heavy atom. The maximum atomic E-state index is 11.8. The van der Waals surface area contributed by atoms with E-state index in [1.807, 2.05) is 4.90 Å². The lowest BCUT2D eigenvalue weighted by Gasteiger charge is -2.25. The lowest BCUT2D eigenvalue weighted by Crippen LogP contribution is -2.32. The van der Waals surface area contributed by atoms with Crippen LogP contribution >= 0.6 is 0 Å². The predicted molar refractivity (Wildman–Crippen MR) is 70.7 cm³/mol. The zero-order valence-corrected chi connectivity index (χ0v) is 10.5. The molecule has 1 saturated carbocycles. The molecule has 0 aromatic heterocycles. The first kappa shape index (κ1) is 10.6. The number of nitrogens with one attached hydrogen (secondary N) is 1. The fraction of sp³-hybridized carbons (Fsp3) is 0.533. The van der Waals surface area contributed by atoms with E-state index in [0.717, 1.165) is 32.0 Å². The number of carbonyl (C=O) groups excluding carboxylic acids is 1. The summed E-state index contributed by atoms with van der Waals surface area (Å²) in [6, 6.07) is 5.36. The van der Waals surface area contributed by atoms with E-state index in [0.29, 0.717) is 12.3 Å². The summed E-state index contributed by atoms with van der Waals surface area (Å²) < 4.78 is 0. The van der Waals surface area contributed by atoms with Gasteiger partial charge in [-0.3, -0.25) is 4.79 Å². The first-order chi connectivity index (χ1) is 8.81. The molecule has 0 unspecified atom stereocenters. The molecule has 0 radical (unpaired) electrons. The lowest BCUT2D eigenvalue weighted by molar-refractivity contribution is -0.118. The first-order valence-electron chi connectivity index (χ1n) is 7.00. The molecule has 94 valence electrons. The Kier molecular flexibility index (Phi) is 2.24. The molecule has 1 aliphatic carbocycles. The second kappa shape index (κ2) is 3.82. The van der Waals surface area contributed by atoms with Gasteiger partial charge in [0.25, 0.3) is 0 Å². The van der Waals surface area contributed by atoms with E-state index in [-0.39, 0.29) is 0 Å². The van der Waals surface area contributed by atoms with Crippen LogP contribution in [0.4, 0.5) is 5.69 Å². The molecule has 4 rings (SSSR count). The van der Waals surface area contributed by atoms with Crippen LogP contribution in [0.3, 0.4) is 0 Å². The van der Waals surface area contributed by atoms with Gasteiger partial charge in [0.15, 0.2) is 0 Å². The summed E-state index contributed by atoms with van der Waals surface area (Å²) in [6.07, 6.45) is 5.31. The average molecular weight is 242 g/mol. The summed E-state index contributed by atoms with van der Waals surface area (Å²) in [4.78, 5) is 13.8. The first-order valence-corrected chi connectivity index (χ1v) is 7.00. The molecule has 0 saturated heterocycles. The van der Waals surface area contributed by atoms with Crippen LogP contribution in [0.5, 0.6) is 0 Å². The van der Waals surface area contributed by atoms with Crippen molar-refractivity contribution in [1.82, 2.24) is 5.32 Å². The number of carbonyl (C=O) groups is 1. The molecular weight excluding hydrogens is 224 g/mol. The molecular formula is C15H18N2O. The summed E-state index contributed by atoms with van der Waals surface area (Å²) in [5, 5.41) is 3.57. The van der Waals surface area contributed by atoms with E-state index < -0.39 is 0 Å². The van der Waals surface area contributed by atoms with Crippen molar-refractivity contribution in [2.75, 3.05) is 11.4 Å². The summed E-state index contributed by atoms with van der Waals surface area (Å²) >= 11 is 0. The van der Waals surface area contributed by atoms with E-state index in [2.05, 4.69) is 17.4 Å². The highest BCUT2D eigenvalue weighted by molar-refractivity contribution is 5.98. The SMILES string of the molecule is O=C1CCc2cc(CNC3CC3)cc3c2N1CC3. The molecule has 2 heterocycles. The Labute approximate surface area is 107 Å². The quantitative estimate of drug-likeness (QED) is 0.876. The van der Waals surface area contributed by atoms with Crippen molar-refractivity contribution < 1.29 is 4.79 Å². The van der Waals surface area contributed by atoms with Crippen molar-refractivity contribution in [2.45, 2.75) is 44.7 Å². The van der Waals surface area contributed by atoms with Crippen LogP contribution < -0.4 is 10.2 Å². The van der Waals surface area contributed by atoms with E-state index in [1.165, 1.54) is 35.2 Å². The van der Waals surface area contributed by atoms with Crippen molar-refractivity contribution in [2.24, 2.45) is 0 Å². The highest BCUT2D eigenvalue weighted by atomic mass is 16.2. The number of hydrogen-bond donors (Lipinski definition) is 1. The Balaban J connectivity index is 1.66. The smallest absolute Gasteiger partial charge is 0.227 e. The monoisotopic (exact) mass is 242 g/mol. The summed E-state index contributed by atoms with van der Waals surface area (Å²) in [5.41, 5.74) is 5.40. The van der Waals surface area contributed by atoms with Gasteiger partial charge in [0.05, 0.1) is 5.69 Å². The standard InChI is InChI=1S/C15H18N2O/c18-14-4-1-11-7-10(9-16-13-2-3-13)8-12-5-6-17(14)15(11)12/h7-8,13,16H,1-6,9H2. The van der Waals surface area contributed by atoms with Crippen LogP contribution in [0.25, 0.3) is 0 Å². The summed E-state index contributed by atoms with van der Waals surface area (Å²) in [5.74, 6) is 0.310. The second-order valence-electron chi connectivity index (χ2n) is 5.71. The Morgan fingerprint density at radius 2 is 1.94 bits per heavy atom. The molecule has 3 nitrogen and oxygen atoms in total. The normalized spacial score (nSPS) is 21.3. The van der Waals surface area contributed by atoms with Gasteiger partial charge in [-0.25, -0.2) is 0 Å². The highest BCUT2D eigenvalue weighted by Crippen LogP contribution is 2.37. The average Bonchev–Trinajstić information content (AvgIpc) is 3.11. The van der Waals surface area contributed by atoms with E-state index in [1.54, 1.807) is 0 Å². The van der Waals surface area contributed by atoms with Gasteiger partial charge in [-0.15, -0.1) is 0 Å². The molecule has 1 N–H and O–H groups in total. The third-order valence-corrected chi connectivity index (χ3v) is 4.28. The number of nitrogens with zero attached hydrogens (tertiary/aromatic N) is 1. The largest absolute Gasteiger partial charge is 0.312 e. The van der Waals surface area contributed by atoms with Gasteiger partial charge in [0.1, 0.15) is 0 Å². The minimum absolute atomic E-state index is 0.310. The van der Waals surface area contributed by atoms with Crippen molar-refractivity contribution in [1.29, 1.82) is 0 Å². The van der Waals surface area contributed by atoms with Crippen molar-refractivity contribution in [3.8, 4) is 0 Å². The molecule has 0 bridgehead atoms. The fourth-order valence-electron chi connectivity index (χ4n) is 3.18. The minimum atomic E-state index is 0.310. The van der Waals surface area contributed by atoms with Gasteiger partial charge in [0.2, 0.25) is 5.91 Å². The highest BCUT2D eigenvalue weighted by Gasteiger charge is 2.31. The number of amides is 1. The second-order valence-corrected chi connectivity index (χ2v) is 5.71. The molecule has 1 fully saturated rings. The molecule has 18 heavy (non-hydrogen) atoms. The molecule has 1 aromatic rings. The number of anilines is 1. The maximum Gasteiger partial charge on any atom is 0.227 e. The van der Waals surface area contributed by atoms with Gasteiger partial charge in [-0.2, -0.15) is 0 Å². The van der Waals surface area contributed by atoms with Crippen LogP contribution in [-0.4, -0.2) is 18.5 Å². The molecule has 3 heteroatoms. The van der Waals surface area contributed by atoms with Crippen LogP contribution in [0.1, 0.15) is 36.0 Å². The number of hydrogen-bond acceptors (Lipinski definition) is 2. The Bertz CT molecular complexity index is 519. The van der Waals surface area contributed by atoms with Gasteiger partial charge in [-0.05, 0) is 42.4 Å². The maximum absolute atomic E-state index is 11.8. The van der Waals surface area contributed by atoms with Crippen LogP contribution in [0.15, 0.2) is 12.1 Å². The van der Waals surface area contributed by atoms with Crippen LogP contribution in [0.2, 0.25) is 0 Å². The minimum Gasteiger partial charge on any atom is -0.312 e. The van der Waals surface area contributed by atoms with Crippen molar-refractivity contribution in [3.63, 3.8) is 0 Å². The summed E-state index contributed by atoms with van der Waals surface area (Å²) in [7, 11) is 0.